The molecule has 4 aromatic rings. The average molecular weight is 618 g/mol. The number of nitro benzene ring substituents is 1. The molecule has 10 heteroatoms. The molecule has 3 aliphatic rings. The number of likely N-dealkylation sites (tertiary alicyclic amines) is 1. The highest BCUT2D eigenvalue weighted by Crippen LogP contribution is 2.38. The summed E-state index contributed by atoms with van der Waals surface area (Å²) in [6, 6.07) is 20.6. The number of carbonyl (C=O) groups is 1. The Labute approximate surface area is 268 Å². The zero-order valence-electron chi connectivity index (χ0n) is 26.0. The lowest BCUT2D eigenvalue weighted by molar-refractivity contribution is -0.384. The highest BCUT2D eigenvalue weighted by Gasteiger charge is 2.36. The van der Waals surface area contributed by atoms with Crippen LogP contribution in [0.2, 0.25) is 0 Å². The van der Waals surface area contributed by atoms with Gasteiger partial charge in [-0.3, -0.25) is 19.9 Å². The quantitative estimate of drug-likeness (QED) is 0.114. The number of hydrogen-bond acceptors (Lipinski definition) is 7. The Hall–Kier alpha value is -4.83. The molecular formula is C36H39N7O3. The van der Waals surface area contributed by atoms with Crippen LogP contribution in [0, 0.1) is 10.1 Å². The van der Waals surface area contributed by atoms with Crippen molar-refractivity contribution in [3.63, 3.8) is 0 Å². The van der Waals surface area contributed by atoms with Crippen molar-refractivity contribution < 1.29 is 9.72 Å². The van der Waals surface area contributed by atoms with Crippen LogP contribution in [-0.2, 0) is 11.2 Å². The summed E-state index contributed by atoms with van der Waals surface area (Å²) >= 11 is 0. The molecule has 46 heavy (non-hydrogen) atoms. The fourth-order valence-electron chi connectivity index (χ4n) is 6.86. The molecule has 2 saturated heterocycles. The molecule has 2 N–H and O–H groups in total. The maximum atomic E-state index is 13.4. The number of piperidine rings is 1. The van der Waals surface area contributed by atoms with Crippen molar-refractivity contribution in [1.29, 1.82) is 0 Å². The number of aliphatic imine (C=N–C) groups is 1. The standard InChI is InChI=1S/C36H39N7O3/c44-35-33(30-23-29(43(45)46)16-17-31(30)39-35)34(27-10-8-25(9-11-27)7-6-20-41-18-4-5-19-41)38-28-14-12-26(13-15-28)32-24-37-36(40-32)42-21-2-1-3-22-42/h8-17,23-24,33H,1-7,18-22H2,(H,37,40)(H,39,44). The molecule has 7 rings (SSSR count). The van der Waals surface area contributed by atoms with Crippen molar-refractivity contribution in [1.82, 2.24) is 14.9 Å². The topological polar surface area (TPSA) is 120 Å². The van der Waals surface area contributed by atoms with Gasteiger partial charge in [-0.2, -0.15) is 0 Å². The van der Waals surface area contributed by atoms with Crippen LogP contribution in [0.1, 0.15) is 61.1 Å². The van der Waals surface area contributed by atoms with Crippen LogP contribution in [0.25, 0.3) is 11.3 Å². The zero-order chi connectivity index (χ0) is 31.5. The minimum Gasteiger partial charge on any atom is -0.342 e. The number of non-ortho nitro benzene ring substituents is 1. The van der Waals surface area contributed by atoms with E-state index in [4.69, 9.17) is 4.99 Å². The summed E-state index contributed by atoms with van der Waals surface area (Å²) in [6.45, 7) is 5.54. The predicted molar refractivity (Wildman–Crippen MR) is 181 cm³/mol. The number of aromatic amines is 1. The minimum atomic E-state index is -0.782. The molecule has 0 saturated carbocycles. The van der Waals surface area contributed by atoms with Gasteiger partial charge in [0.05, 0.1) is 28.2 Å². The summed E-state index contributed by atoms with van der Waals surface area (Å²) in [7, 11) is 0. The molecule has 10 nitrogen and oxygen atoms in total. The van der Waals surface area contributed by atoms with Gasteiger partial charge in [0.15, 0.2) is 0 Å². The van der Waals surface area contributed by atoms with Gasteiger partial charge in [-0.05, 0) is 99.5 Å². The van der Waals surface area contributed by atoms with E-state index >= 15 is 0 Å². The third kappa shape index (κ3) is 6.44. The lowest BCUT2D eigenvalue weighted by Crippen LogP contribution is -2.30. The number of carbonyl (C=O) groups excluding carboxylic acids is 1. The van der Waals surface area contributed by atoms with E-state index in [0.29, 0.717) is 22.6 Å². The van der Waals surface area contributed by atoms with Crippen molar-refractivity contribution in [2.75, 3.05) is 42.9 Å². The van der Waals surface area contributed by atoms with Crippen LogP contribution < -0.4 is 10.2 Å². The molecule has 4 heterocycles. The molecule has 1 aromatic heterocycles. The maximum Gasteiger partial charge on any atom is 0.269 e. The fourth-order valence-corrected chi connectivity index (χ4v) is 6.86. The SMILES string of the molecule is O=C1Nc2ccc([N+](=O)[O-])cc2C1C(=Nc1ccc(-c2cnc(N3CCCCC3)[nH]2)cc1)c1ccc(CCCN2CCCC2)cc1. The molecule has 0 aliphatic carbocycles. The number of nitro groups is 1. The van der Waals surface area contributed by atoms with Gasteiger partial charge >= 0.3 is 0 Å². The van der Waals surface area contributed by atoms with Crippen molar-refractivity contribution >= 4 is 34.6 Å². The van der Waals surface area contributed by atoms with Gasteiger partial charge in [0.1, 0.15) is 5.92 Å². The summed E-state index contributed by atoms with van der Waals surface area (Å²) in [5.41, 5.74) is 6.31. The number of anilines is 2. The Balaban J connectivity index is 1.17. The van der Waals surface area contributed by atoms with E-state index in [1.54, 1.807) is 6.07 Å². The Morgan fingerprint density at radius 3 is 2.41 bits per heavy atom. The number of aromatic nitrogens is 2. The molecule has 236 valence electrons. The number of amides is 1. The van der Waals surface area contributed by atoms with Crippen LogP contribution in [0.4, 0.5) is 23.0 Å². The third-order valence-corrected chi connectivity index (χ3v) is 9.38. The first-order chi connectivity index (χ1) is 22.5. The van der Waals surface area contributed by atoms with Gasteiger partial charge in [0.2, 0.25) is 11.9 Å². The second-order valence-electron chi connectivity index (χ2n) is 12.5. The van der Waals surface area contributed by atoms with Crippen LogP contribution in [0.15, 0.2) is 77.9 Å². The average Bonchev–Trinajstić information content (AvgIpc) is 3.85. The molecule has 0 spiro atoms. The van der Waals surface area contributed by atoms with E-state index < -0.39 is 10.8 Å². The van der Waals surface area contributed by atoms with Crippen molar-refractivity contribution in [3.8, 4) is 11.3 Å². The number of H-pyrrole nitrogens is 1. The lowest BCUT2D eigenvalue weighted by Gasteiger charge is -2.25. The number of nitrogens with zero attached hydrogens (tertiary/aromatic N) is 5. The number of benzene rings is 3. The van der Waals surface area contributed by atoms with Gasteiger partial charge in [-0.25, -0.2) is 4.98 Å². The second kappa shape index (κ2) is 13.3. The number of rotatable bonds is 10. The molecule has 2 fully saturated rings. The normalized spacial score (nSPS) is 18.5. The van der Waals surface area contributed by atoms with Crippen LogP contribution in [0.3, 0.4) is 0 Å². The minimum absolute atomic E-state index is 0.0548. The van der Waals surface area contributed by atoms with Gasteiger partial charge in [-0.15, -0.1) is 0 Å². The zero-order valence-corrected chi connectivity index (χ0v) is 26.0. The maximum absolute atomic E-state index is 13.4. The third-order valence-electron chi connectivity index (χ3n) is 9.38. The molecule has 0 bridgehead atoms. The first-order valence-corrected chi connectivity index (χ1v) is 16.4. The summed E-state index contributed by atoms with van der Waals surface area (Å²) in [5, 5.41) is 14.5. The van der Waals surface area contributed by atoms with Crippen LogP contribution in [0.5, 0.6) is 0 Å². The number of nitrogens with one attached hydrogen (secondary N) is 2. The van der Waals surface area contributed by atoms with Crippen LogP contribution >= 0.6 is 0 Å². The van der Waals surface area contributed by atoms with E-state index in [1.807, 2.05) is 42.6 Å². The molecule has 1 amide bonds. The first-order valence-electron chi connectivity index (χ1n) is 16.4. The van der Waals surface area contributed by atoms with E-state index in [1.165, 1.54) is 62.9 Å². The van der Waals surface area contributed by atoms with Crippen molar-refractivity contribution in [3.05, 3.63) is 99.7 Å². The largest absolute Gasteiger partial charge is 0.342 e. The van der Waals surface area contributed by atoms with Gasteiger partial charge in [0.25, 0.3) is 5.69 Å². The summed E-state index contributed by atoms with van der Waals surface area (Å²) in [6.07, 6.45) is 10.2. The Bertz CT molecular complexity index is 1730. The highest BCUT2D eigenvalue weighted by atomic mass is 16.6. The van der Waals surface area contributed by atoms with Crippen molar-refractivity contribution in [2.45, 2.75) is 50.9 Å². The van der Waals surface area contributed by atoms with Gasteiger partial charge in [-0.1, -0.05) is 36.4 Å². The van der Waals surface area contributed by atoms with E-state index in [9.17, 15) is 14.9 Å². The summed E-state index contributed by atoms with van der Waals surface area (Å²) < 4.78 is 0. The molecule has 3 aliphatic heterocycles. The smallest absolute Gasteiger partial charge is 0.269 e. The summed E-state index contributed by atoms with van der Waals surface area (Å²) in [5.74, 6) is -0.128. The predicted octanol–water partition coefficient (Wildman–Crippen LogP) is 6.86. The number of fused-ring (bicyclic) bond motifs is 1. The van der Waals surface area contributed by atoms with E-state index in [0.717, 1.165) is 55.2 Å². The van der Waals surface area contributed by atoms with Crippen molar-refractivity contribution in [2.24, 2.45) is 4.99 Å². The molecule has 3 aromatic carbocycles. The molecule has 0 radical (unpaired) electrons. The van der Waals surface area contributed by atoms with Gasteiger partial charge in [0, 0.05) is 36.5 Å². The summed E-state index contributed by atoms with van der Waals surface area (Å²) in [4.78, 5) is 42.6. The van der Waals surface area contributed by atoms with Gasteiger partial charge < -0.3 is 20.1 Å². The molecule has 1 atom stereocenters. The van der Waals surface area contributed by atoms with Crippen LogP contribution in [-0.4, -0.2) is 64.1 Å². The highest BCUT2D eigenvalue weighted by molar-refractivity contribution is 6.24. The number of imidazole rings is 1. The van der Waals surface area contributed by atoms with E-state index in [2.05, 4.69) is 37.2 Å². The number of aryl methyl sites for hydroxylation is 1. The second-order valence-corrected chi connectivity index (χ2v) is 12.5. The fraction of sp³-hybridized carbons (Fsp3) is 0.361. The number of hydrogen-bond donors (Lipinski definition) is 2. The molecular weight excluding hydrogens is 578 g/mol. The Kier molecular flexibility index (Phi) is 8.61. The Morgan fingerprint density at radius 1 is 0.935 bits per heavy atom. The monoisotopic (exact) mass is 617 g/mol. The molecule has 1 unspecified atom stereocenters. The first kappa shape index (κ1) is 29.9. The lowest BCUT2D eigenvalue weighted by atomic mass is 9.89. The Morgan fingerprint density at radius 2 is 1.67 bits per heavy atom. The van der Waals surface area contributed by atoms with E-state index in [-0.39, 0.29) is 11.6 Å².